The summed E-state index contributed by atoms with van der Waals surface area (Å²) in [7, 11) is 0. The average molecular weight is 291 g/mol. The van der Waals surface area contributed by atoms with Crippen LogP contribution in [-0.4, -0.2) is 22.4 Å². The summed E-state index contributed by atoms with van der Waals surface area (Å²) >= 11 is 0. The molecule has 2 aromatic carbocycles. The molecular weight excluding hydrogens is 274 g/mol. The van der Waals surface area contributed by atoms with Crippen molar-refractivity contribution in [1.82, 2.24) is 9.97 Å². The van der Waals surface area contributed by atoms with Crippen LogP contribution in [0.2, 0.25) is 0 Å². The van der Waals surface area contributed by atoms with Gasteiger partial charge in [-0.1, -0.05) is 25.1 Å². The lowest BCUT2D eigenvalue weighted by Gasteiger charge is -2.33. The molecular formula is C18H17N3O. The van der Waals surface area contributed by atoms with Gasteiger partial charge in [-0.25, -0.2) is 4.98 Å². The molecule has 4 rings (SSSR count). The van der Waals surface area contributed by atoms with Gasteiger partial charge in [-0.05, 0) is 42.2 Å². The zero-order chi connectivity index (χ0) is 15.1. The zero-order valence-electron chi connectivity index (χ0n) is 12.4. The Morgan fingerprint density at radius 1 is 1.27 bits per heavy atom. The van der Waals surface area contributed by atoms with Crippen molar-refractivity contribution in [3.63, 3.8) is 0 Å². The number of aromatic amines is 1. The van der Waals surface area contributed by atoms with E-state index in [4.69, 9.17) is 0 Å². The van der Waals surface area contributed by atoms with Gasteiger partial charge in [0.05, 0.1) is 17.4 Å². The minimum atomic E-state index is 0.0514. The first kappa shape index (κ1) is 13.1. The standard InChI is InChI=1S/C18H17N3O/c1-12-8-13-4-2-3-5-17(13)21(10-12)18(22)14-6-7-15-16(9-14)20-11-19-15/h2-7,9,11-12H,8,10H2,1H3,(H,19,20). The predicted octanol–water partition coefficient (Wildman–Crippen LogP) is 3.40. The van der Waals surface area contributed by atoms with Gasteiger partial charge in [0.15, 0.2) is 0 Å². The highest BCUT2D eigenvalue weighted by Crippen LogP contribution is 2.30. The third kappa shape index (κ3) is 2.08. The summed E-state index contributed by atoms with van der Waals surface area (Å²) in [4.78, 5) is 22.1. The van der Waals surface area contributed by atoms with Gasteiger partial charge in [-0.15, -0.1) is 0 Å². The smallest absolute Gasteiger partial charge is 0.258 e. The fourth-order valence-electron chi connectivity index (χ4n) is 3.21. The molecule has 22 heavy (non-hydrogen) atoms. The number of carbonyl (C=O) groups excluding carboxylic acids is 1. The van der Waals surface area contributed by atoms with E-state index in [2.05, 4.69) is 23.0 Å². The number of nitrogens with zero attached hydrogens (tertiary/aromatic N) is 2. The average Bonchev–Trinajstić information content (AvgIpc) is 3.00. The number of imidazole rings is 1. The minimum Gasteiger partial charge on any atom is -0.345 e. The topological polar surface area (TPSA) is 49.0 Å². The Morgan fingerprint density at radius 3 is 3.05 bits per heavy atom. The van der Waals surface area contributed by atoms with Gasteiger partial charge in [-0.3, -0.25) is 4.79 Å². The molecule has 0 radical (unpaired) electrons. The molecule has 1 atom stereocenters. The number of aromatic nitrogens is 2. The normalized spacial score (nSPS) is 17.5. The number of hydrogen-bond acceptors (Lipinski definition) is 2. The second-order valence-corrected chi connectivity index (χ2v) is 5.99. The Bertz CT molecular complexity index is 852. The molecule has 4 nitrogen and oxygen atoms in total. The third-order valence-corrected chi connectivity index (χ3v) is 4.26. The largest absolute Gasteiger partial charge is 0.345 e. The van der Waals surface area contributed by atoms with Gasteiger partial charge in [0, 0.05) is 17.8 Å². The third-order valence-electron chi connectivity index (χ3n) is 4.26. The summed E-state index contributed by atoms with van der Waals surface area (Å²) < 4.78 is 0. The van der Waals surface area contributed by atoms with Gasteiger partial charge < -0.3 is 9.88 Å². The van der Waals surface area contributed by atoms with Crippen molar-refractivity contribution >= 4 is 22.6 Å². The molecule has 0 fully saturated rings. The van der Waals surface area contributed by atoms with Crippen LogP contribution in [0.3, 0.4) is 0 Å². The number of benzene rings is 2. The van der Waals surface area contributed by atoms with Crippen LogP contribution in [0.5, 0.6) is 0 Å². The number of hydrogen-bond donors (Lipinski definition) is 1. The van der Waals surface area contributed by atoms with E-state index >= 15 is 0 Å². The van der Waals surface area contributed by atoms with Gasteiger partial charge >= 0.3 is 0 Å². The second kappa shape index (κ2) is 4.98. The quantitative estimate of drug-likeness (QED) is 0.747. The van der Waals surface area contributed by atoms with Crippen molar-refractivity contribution < 1.29 is 4.79 Å². The summed E-state index contributed by atoms with van der Waals surface area (Å²) in [6, 6.07) is 13.8. The lowest BCUT2D eigenvalue weighted by Crippen LogP contribution is -2.39. The van der Waals surface area contributed by atoms with Crippen LogP contribution in [0.1, 0.15) is 22.8 Å². The first-order valence-electron chi connectivity index (χ1n) is 7.55. The van der Waals surface area contributed by atoms with Crippen molar-refractivity contribution in [3.8, 4) is 0 Å². The van der Waals surface area contributed by atoms with Crippen LogP contribution in [0.25, 0.3) is 11.0 Å². The summed E-state index contributed by atoms with van der Waals surface area (Å²) in [6.45, 7) is 2.95. The molecule has 1 unspecified atom stereocenters. The lowest BCUT2D eigenvalue weighted by atomic mass is 9.93. The SMILES string of the molecule is CC1Cc2ccccc2N(C(=O)c2ccc3nc[nH]c3c2)C1. The number of nitrogens with one attached hydrogen (secondary N) is 1. The van der Waals surface area contributed by atoms with E-state index < -0.39 is 0 Å². The molecule has 0 saturated carbocycles. The highest BCUT2D eigenvalue weighted by Gasteiger charge is 2.26. The Balaban J connectivity index is 1.76. The molecule has 0 bridgehead atoms. The molecule has 2 heterocycles. The number of fused-ring (bicyclic) bond motifs is 2. The van der Waals surface area contributed by atoms with Crippen LogP contribution in [0.4, 0.5) is 5.69 Å². The van der Waals surface area contributed by atoms with E-state index in [-0.39, 0.29) is 5.91 Å². The van der Waals surface area contributed by atoms with Crippen molar-refractivity contribution in [1.29, 1.82) is 0 Å². The molecule has 0 aliphatic carbocycles. The Labute approximate surface area is 128 Å². The van der Waals surface area contributed by atoms with Crippen molar-refractivity contribution in [3.05, 3.63) is 59.9 Å². The summed E-state index contributed by atoms with van der Waals surface area (Å²) in [5.74, 6) is 0.519. The van der Waals surface area contributed by atoms with Crippen molar-refractivity contribution in [2.24, 2.45) is 5.92 Å². The van der Waals surface area contributed by atoms with Gasteiger partial charge in [-0.2, -0.15) is 0 Å². The number of H-pyrrole nitrogens is 1. The van der Waals surface area contributed by atoms with Crippen LogP contribution < -0.4 is 4.90 Å². The molecule has 3 aromatic rings. The van der Waals surface area contributed by atoms with Crippen LogP contribution >= 0.6 is 0 Å². The monoisotopic (exact) mass is 291 g/mol. The van der Waals surface area contributed by atoms with Crippen molar-refractivity contribution in [2.75, 3.05) is 11.4 Å². The number of anilines is 1. The first-order valence-corrected chi connectivity index (χ1v) is 7.55. The van der Waals surface area contributed by atoms with E-state index in [9.17, 15) is 4.79 Å². The molecule has 1 aliphatic rings. The van der Waals surface area contributed by atoms with Gasteiger partial charge in [0.2, 0.25) is 0 Å². The highest BCUT2D eigenvalue weighted by molar-refractivity contribution is 6.08. The molecule has 4 heteroatoms. The van der Waals surface area contributed by atoms with Crippen molar-refractivity contribution in [2.45, 2.75) is 13.3 Å². The fourth-order valence-corrected chi connectivity index (χ4v) is 3.21. The summed E-state index contributed by atoms with van der Waals surface area (Å²) in [5, 5.41) is 0. The minimum absolute atomic E-state index is 0.0514. The van der Waals surface area contributed by atoms with E-state index in [1.54, 1.807) is 6.33 Å². The Hall–Kier alpha value is -2.62. The maximum absolute atomic E-state index is 13.0. The maximum atomic E-state index is 13.0. The van der Waals surface area contributed by atoms with E-state index in [1.807, 2.05) is 41.3 Å². The summed E-state index contributed by atoms with van der Waals surface area (Å²) in [5.41, 5.74) is 4.75. The molecule has 0 spiro atoms. The van der Waals surface area contributed by atoms with Crippen LogP contribution in [0, 0.1) is 5.92 Å². The zero-order valence-corrected chi connectivity index (χ0v) is 12.4. The molecule has 1 aromatic heterocycles. The molecule has 1 aliphatic heterocycles. The second-order valence-electron chi connectivity index (χ2n) is 5.99. The van der Waals surface area contributed by atoms with Crippen LogP contribution in [-0.2, 0) is 6.42 Å². The lowest BCUT2D eigenvalue weighted by molar-refractivity contribution is 0.0981. The Kier molecular flexibility index (Phi) is 2.96. The van der Waals surface area contributed by atoms with E-state index in [0.717, 1.165) is 29.7 Å². The summed E-state index contributed by atoms with van der Waals surface area (Å²) in [6.07, 6.45) is 2.68. The molecule has 1 N–H and O–H groups in total. The fraction of sp³-hybridized carbons (Fsp3) is 0.222. The molecule has 1 amide bonds. The number of amides is 1. The highest BCUT2D eigenvalue weighted by atomic mass is 16.2. The van der Waals surface area contributed by atoms with Gasteiger partial charge in [0.1, 0.15) is 0 Å². The van der Waals surface area contributed by atoms with Gasteiger partial charge in [0.25, 0.3) is 5.91 Å². The molecule has 110 valence electrons. The predicted molar refractivity (Wildman–Crippen MR) is 87.1 cm³/mol. The first-order chi connectivity index (χ1) is 10.7. The van der Waals surface area contributed by atoms with E-state index in [0.29, 0.717) is 11.5 Å². The number of para-hydroxylation sites is 1. The maximum Gasteiger partial charge on any atom is 0.258 e. The Morgan fingerprint density at radius 2 is 2.14 bits per heavy atom. The molecule has 0 saturated heterocycles. The van der Waals surface area contributed by atoms with Crippen LogP contribution in [0.15, 0.2) is 48.8 Å². The number of rotatable bonds is 1. The van der Waals surface area contributed by atoms with E-state index in [1.165, 1.54) is 5.56 Å². The number of carbonyl (C=O) groups is 1.